The van der Waals surface area contributed by atoms with E-state index in [9.17, 15) is 9.59 Å². The summed E-state index contributed by atoms with van der Waals surface area (Å²) in [5.74, 6) is 3.90. The first-order valence-corrected chi connectivity index (χ1v) is 10.9. The number of ether oxygens (including phenoxy) is 1. The Hall–Kier alpha value is -0.860. The number of rotatable bonds is 2. The summed E-state index contributed by atoms with van der Waals surface area (Å²) in [6, 6.07) is 0. The SMILES string of the molecule is CC(=O)O[C@H](C)[C@@H]1CC[C@@H]2[C@@H]3CC[C@H]4CC(=O)CC[C@]4(C)[C@@H]3CC[C@]21C. The molecule has 4 aliphatic rings. The molecule has 0 aliphatic heterocycles. The Morgan fingerprint density at radius 2 is 1.77 bits per heavy atom. The molecule has 4 rings (SSSR count). The first kappa shape index (κ1) is 18.5. The fourth-order valence-corrected chi connectivity index (χ4v) is 8.20. The maximum Gasteiger partial charge on any atom is 0.302 e. The molecule has 0 N–H and O–H groups in total. The quantitative estimate of drug-likeness (QED) is 0.638. The average Bonchev–Trinajstić information content (AvgIpc) is 2.92. The fraction of sp³-hybridized carbons (Fsp3) is 0.913. The molecular weight excluding hydrogens is 324 g/mol. The van der Waals surface area contributed by atoms with E-state index in [-0.39, 0.29) is 12.1 Å². The molecule has 0 saturated heterocycles. The molecule has 0 heterocycles. The Morgan fingerprint density at radius 3 is 2.50 bits per heavy atom. The molecule has 4 fully saturated rings. The van der Waals surface area contributed by atoms with Gasteiger partial charge in [-0.15, -0.1) is 0 Å². The summed E-state index contributed by atoms with van der Waals surface area (Å²) in [7, 11) is 0. The van der Waals surface area contributed by atoms with Crippen LogP contribution in [-0.2, 0) is 14.3 Å². The van der Waals surface area contributed by atoms with Crippen LogP contribution < -0.4 is 0 Å². The van der Waals surface area contributed by atoms with Crippen molar-refractivity contribution in [3.63, 3.8) is 0 Å². The highest BCUT2D eigenvalue weighted by Crippen LogP contribution is 2.67. The van der Waals surface area contributed by atoms with Crippen LogP contribution >= 0.6 is 0 Å². The normalized spacial score (nSPS) is 48.9. The molecular formula is C23H36O3. The zero-order chi connectivity index (χ0) is 18.7. The molecule has 0 spiro atoms. The van der Waals surface area contributed by atoms with Crippen LogP contribution in [0.2, 0.25) is 0 Å². The minimum atomic E-state index is -0.141. The van der Waals surface area contributed by atoms with Crippen LogP contribution in [0.15, 0.2) is 0 Å². The molecule has 0 aromatic carbocycles. The van der Waals surface area contributed by atoms with Gasteiger partial charge in [-0.25, -0.2) is 0 Å². The number of hydrogen-bond donors (Lipinski definition) is 0. The molecule has 4 saturated carbocycles. The van der Waals surface area contributed by atoms with Crippen LogP contribution in [0.5, 0.6) is 0 Å². The van der Waals surface area contributed by atoms with Gasteiger partial charge in [-0.1, -0.05) is 13.8 Å². The van der Waals surface area contributed by atoms with Gasteiger partial charge in [0.2, 0.25) is 0 Å². The highest BCUT2D eigenvalue weighted by Gasteiger charge is 2.61. The number of hydrogen-bond acceptors (Lipinski definition) is 3. The predicted molar refractivity (Wildman–Crippen MR) is 101 cm³/mol. The zero-order valence-corrected chi connectivity index (χ0v) is 17.1. The number of esters is 1. The third-order valence-corrected chi connectivity index (χ3v) is 9.47. The third kappa shape index (κ3) is 2.67. The Balaban J connectivity index is 1.56. The first-order valence-electron chi connectivity index (χ1n) is 10.9. The fourth-order valence-electron chi connectivity index (χ4n) is 8.20. The summed E-state index contributed by atoms with van der Waals surface area (Å²) in [6.07, 6.45) is 10.5. The van der Waals surface area contributed by atoms with E-state index in [1.807, 2.05) is 0 Å². The molecule has 8 atom stereocenters. The van der Waals surface area contributed by atoms with Gasteiger partial charge in [0.25, 0.3) is 0 Å². The lowest BCUT2D eigenvalue weighted by Crippen LogP contribution is -2.54. The van der Waals surface area contributed by atoms with E-state index in [4.69, 9.17) is 4.74 Å². The Bertz CT molecular complexity index is 598. The summed E-state index contributed by atoms with van der Waals surface area (Å²) in [5, 5.41) is 0. The van der Waals surface area contributed by atoms with Crippen molar-refractivity contribution in [1.29, 1.82) is 0 Å². The van der Waals surface area contributed by atoms with E-state index in [1.165, 1.54) is 45.4 Å². The maximum absolute atomic E-state index is 12.0. The van der Waals surface area contributed by atoms with Crippen LogP contribution in [0.4, 0.5) is 0 Å². The van der Waals surface area contributed by atoms with Crippen LogP contribution in [0.25, 0.3) is 0 Å². The summed E-state index contributed by atoms with van der Waals surface area (Å²) in [5.41, 5.74) is 0.710. The molecule has 0 amide bonds. The molecule has 26 heavy (non-hydrogen) atoms. The Morgan fingerprint density at radius 1 is 1.04 bits per heavy atom. The van der Waals surface area contributed by atoms with E-state index in [1.54, 1.807) is 0 Å². The third-order valence-electron chi connectivity index (χ3n) is 9.47. The highest BCUT2D eigenvalue weighted by atomic mass is 16.5. The lowest BCUT2D eigenvalue weighted by Gasteiger charge is -2.60. The molecule has 3 nitrogen and oxygen atoms in total. The van der Waals surface area contributed by atoms with Crippen molar-refractivity contribution >= 4 is 11.8 Å². The largest absolute Gasteiger partial charge is 0.463 e. The van der Waals surface area contributed by atoms with E-state index in [2.05, 4.69) is 20.8 Å². The number of carbonyl (C=O) groups is 2. The van der Waals surface area contributed by atoms with E-state index >= 15 is 0 Å². The van der Waals surface area contributed by atoms with Gasteiger partial charge in [-0.3, -0.25) is 9.59 Å². The lowest BCUT2D eigenvalue weighted by molar-refractivity contribution is -0.156. The topological polar surface area (TPSA) is 43.4 Å². The molecule has 4 aliphatic carbocycles. The summed E-state index contributed by atoms with van der Waals surface area (Å²) in [4.78, 5) is 23.5. The lowest BCUT2D eigenvalue weighted by atomic mass is 9.44. The summed E-state index contributed by atoms with van der Waals surface area (Å²) < 4.78 is 5.63. The standard InChI is InChI=1S/C23H36O3/c1-14(26-15(2)24)19-7-8-20-18-6-5-16-13-17(25)9-11-22(16,3)21(18)10-12-23(19,20)4/h14,16,18-21H,5-13H2,1-4H3/t14-,16+,18+,19+,20-,21-,22+,23+/m1/s1. The molecule has 0 aromatic heterocycles. The van der Waals surface area contributed by atoms with Crippen molar-refractivity contribution in [3.8, 4) is 0 Å². The van der Waals surface area contributed by atoms with Gasteiger partial charge in [-0.05, 0) is 86.4 Å². The molecule has 146 valence electrons. The van der Waals surface area contributed by atoms with E-state index < -0.39 is 0 Å². The Kier molecular flexibility index (Phi) is 4.51. The second kappa shape index (κ2) is 6.34. The van der Waals surface area contributed by atoms with Crippen molar-refractivity contribution in [2.24, 2.45) is 40.4 Å². The van der Waals surface area contributed by atoms with Gasteiger partial charge in [0.05, 0.1) is 0 Å². The van der Waals surface area contributed by atoms with Gasteiger partial charge in [0.1, 0.15) is 11.9 Å². The smallest absolute Gasteiger partial charge is 0.302 e. The van der Waals surface area contributed by atoms with Gasteiger partial charge in [-0.2, -0.15) is 0 Å². The number of fused-ring (bicyclic) bond motifs is 5. The molecule has 0 bridgehead atoms. The van der Waals surface area contributed by atoms with E-state index in [0.29, 0.717) is 28.4 Å². The van der Waals surface area contributed by atoms with Crippen molar-refractivity contribution in [2.45, 2.75) is 91.6 Å². The van der Waals surface area contributed by atoms with Crippen molar-refractivity contribution < 1.29 is 14.3 Å². The van der Waals surface area contributed by atoms with Crippen LogP contribution in [-0.4, -0.2) is 17.9 Å². The summed E-state index contributed by atoms with van der Waals surface area (Å²) in [6.45, 7) is 8.65. The monoisotopic (exact) mass is 360 g/mol. The van der Waals surface area contributed by atoms with Crippen LogP contribution in [0, 0.1) is 40.4 Å². The van der Waals surface area contributed by atoms with Gasteiger partial charge < -0.3 is 4.74 Å². The minimum Gasteiger partial charge on any atom is -0.463 e. The highest BCUT2D eigenvalue weighted by molar-refractivity contribution is 5.79. The van der Waals surface area contributed by atoms with Gasteiger partial charge in [0.15, 0.2) is 0 Å². The molecule has 3 heteroatoms. The van der Waals surface area contributed by atoms with Gasteiger partial charge >= 0.3 is 5.97 Å². The second-order valence-corrected chi connectivity index (χ2v) is 10.4. The van der Waals surface area contributed by atoms with Crippen molar-refractivity contribution in [2.75, 3.05) is 0 Å². The Labute approximate surface area is 158 Å². The molecule has 0 radical (unpaired) electrons. The minimum absolute atomic E-state index is 0.0401. The molecule has 0 unspecified atom stereocenters. The number of ketones is 1. The molecule has 0 aromatic rings. The van der Waals surface area contributed by atoms with Crippen molar-refractivity contribution in [3.05, 3.63) is 0 Å². The summed E-state index contributed by atoms with van der Waals surface area (Å²) >= 11 is 0. The number of carbonyl (C=O) groups excluding carboxylic acids is 2. The zero-order valence-electron chi connectivity index (χ0n) is 17.1. The number of Topliss-reactive ketones (excluding diaryl/α,β-unsaturated/α-hetero) is 1. The maximum atomic E-state index is 12.0. The first-order chi connectivity index (χ1) is 12.3. The predicted octanol–water partition coefficient (Wildman–Crippen LogP) is 5.17. The van der Waals surface area contributed by atoms with Crippen LogP contribution in [0.3, 0.4) is 0 Å². The average molecular weight is 361 g/mol. The second-order valence-electron chi connectivity index (χ2n) is 10.4. The van der Waals surface area contributed by atoms with Crippen molar-refractivity contribution in [1.82, 2.24) is 0 Å². The van der Waals surface area contributed by atoms with E-state index in [0.717, 1.165) is 37.0 Å². The van der Waals surface area contributed by atoms with Gasteiger partial charge in [0, 0.05) is 25.7 Å². The van der Waals surface area contributed by atoms with Crippen LogP contribution in [0.1, 0.15) is 85.5 Å².